The van der Waals surface area contributed by atoms with E-state index in [0.29, 0.717) is 11.8 Å². The summed E-state index contributed by atoms with van der Waals surface area (Å²) in [6, 6.07) is 0. The average molecular weight is 158 g/mol. The molecule has 1 heteroatoms. The first-order chi connectivity index (χ1) is 5.13. The minimum Gasteiger partial charge on any atom is -0.393 e. The Morgan fingerprint density at radius 3 is 2.00 bits per heavy atom. The molecule has 0 saturated heterocycles. The van der Waals surface area contributed by atoms with Crippen LogP contribution < -0.4 is 0 Å². The predicted molar refractivity (Wildman–Crippen MR) is 49.5 cm³/mol. The molecule has 11 heavy (non-hydrogen) atoms. The van der Waals surface area contributed by atoms with E-state index in [9.17, 15) is 5.11 Å². The molecule has 0 radical (unpaired) electrons. The van der Waals surface area contributed by atoms with Crippen LogP contribution in [-0.2, 0) is 0 Å². The van der Waals surface area contributed by atoms with Crippen molar-refractivity contribution in [1.29, 1.82) is 0 Å². The molecule has 0 spiro atoms. The van der Waals surface area contributed by atoms with Gasteiger partial charge in [-0.05, 0) is 24.7 Å². The van der Waals surface area contributed by atoms with Gasteiger partial charge in [0.1, 0.15) is 0 Å². The molecule has 2 atom stereocenters. The summed E-state index contributed by atoms with van der Waals surface area (Å²) < 4.78 is 0. The third kappa shape index (κ3) is 3.76. The summed E-state index contributed by atoms with van der Waals surface area (Å²) in [7, 11) is 0. The van der Waals surface area contributed by atoms with Gasteiger partial charge in [-0.3, -0.25) is 0 Å². The number of aliphatic hydroxyl groups is 1. The van der Waals surface area contributed by atoms with E-state index in [0.717, 1.165) is 12.8 Å². The van der Waals surface area contributed by atoms with Gasteiger partial charge >= 0.3 is 0 Å². The third-order valence-electron chi connectivity index (χ3n) is 2.39. The van der Waals surface area contributed by atoms with Crippen LogP contribution in [0.4, 0.5) is 0 Å². The Morgan fingerprint density at radius 2 is 1.73 bits per heavy atom. The molecule has 0 aliphatic carbocycles. The molecule has 0 rings (SSSR count). The van der Waals surface area contributed by atoms with E-state index in [1.165, 1.54) is 6.42 Å². The van der Waals surface area contributed by atoms with Crippen molar-refractivity contribution in [3.05, 3.63) is 0 Å². The van der Waals surface area contributed by atoms with Crippen molar-refractivity contribution >= 4 is 0 Å². The molecule has 1 N–H and O–H groups in total. The molecule has 0 bridgehead atoms. The Balaban J connectivity index is 3.87. The van der Waals surface area contributed by atoms with Crippen molar-refractivity contribution in [3.8, 4) is 0 Å². The lowest BCUT2D eigenvalue weighted by molar-refractivity contribution is 0.0722. The van der Waals surface area contributed by atoms with Crippen molar-refractivity contribution in [3.63, 3.8) is 0 Å². The zero-order valence-corrected chi connectivity index (χ0v) is 8.30. The number of aliphatic hydroxyl groups excluding tert-OH is 1. The lowest BCUT2D eigenvalue weighted by Crippen LogP contribution is -2.24. The minimum atomic E-state index is -0.0880. The van der Waals surface area contributed by atoms with E-state index in [2.05, 4.69) is 27.7 Å². The average Bonchev–Trinajstić information content (AvgIpc) is 1.98. The smallest absolute Gasteiger partial charge is 0.0568 e. The highest BCUT2D eigenvalue weighted by atomic mass is 16.3. The van der Waals surface area contributed by atoms with Gasteiger partial charge in [-0.2, -0.15) is 0 Å². The van der Waals surface area contributed by atoms with Crippen LogP contribution in [0, 0.1) is 11.8 Å². The van der Waals surface area contributed by atoms with Crippen molar-refractivity contribution in [2.45, 2.75) is 53.1 Å². The van der Waals surface area contributed by atoms with E-state index < -0.39 is 0 Å². The SMILES string of the molecule is CCC[C@H](C(C)C)C(O)CC. The first-order valence-electron chi connectivity index (χ1n) is 4.81. The fourth-order valence-electron chi connectivity index (χ4n) is 1.61. The van der Waals surface area contributed by atoms with Gasteiger partial charge in [0.2, 0.25) is 0 Å². The van der Waals surface area contributed by atoms with Crippen molar-refractivity contribution in [2.24, 2.45) is 11.8 Å². The van der Waals surface area contributed by atoms with Crippen molar-refractivity contribution in [1.82, 2.24) is 0 Å². The molecule has 0 aromatic rings. The van der Waals surface area contributed by atoms with Gasteiger partial charge in [0.25, 0.3) is 0 Å². The molecule has 1 nitrogen and oxygen atoms in total. The van der Waals surface area contributed by atoms with Gasteiger partial charge in [-0.25, -0.2) is 0 Å². The van der Waals surface area contributed by atoms with Crippen LogP contribution >= 0.6 is 0 Å². The summed E-state index contributed by atoms with van der Waals surface area (Å²) in [5.41, 5.74) is 0. The molecule has 0 aliphatic heterocycles. The molecule has 0 aromatic carbocycles. The van der Waals surface area contributed by atoms with Crippen molar-refractivity contribution < 1.29 is 5.11 Å². The van der Waals surface area contributed by atoms with Crippen LogP contribution in [-0.4, -0.2) is 11.2 Å². The number of hydrogen-bond acceptors (Lipinski definition) is 1. The van der Waals surface area contributed by atoms with Gasteiger partial charge < -0.3 is 5.11 Å². The lowest BCUT2D eigenvalue weighted by Gasteiger charge is -2.24. The van der Waals surface area contributed by atoms with Crippen LogP contribution in [0.25, 0.3) is 0 Å². The summed E-state index contributed by atoms with van der Waals surface area (Å²) in [5.74, 6) is 1.12. The molecule has 0 aromatic heterocycles. The standard InChI is InChI=1S/C10H22O/c1-5-7-9(8(3)4)10(11)6-2/h8-11H,5-7H2,1-4H3/t9-,10?/m1/s1. The molecule has 0 aliphatic rings. The fraction of sp³-hybridized carbons (Fsp3) is 1.00. The van der Waals surface area contributed by atoms with Crippen LogP contribution in [0.1, 0.15) is 47.0 Å². The normalized spacial score (nSPS) is 16.9. The summed E-state index contributed by atoms with van der Waals surface area (Å²) >= 11 is 0. The number of hydrogen-bond donors (Lipinski definition) is 1. The maximum Gasteiger partial charge on any atom is 0.0568 e. The van der Waals surface area contributed by atoms with Gasteiger partial charge in [0.05, 0.1) is 6.10 Å². The molecular formula is C10H22O. The molecule has 0 heterocycles. The second-order valence-electron chi connectivity index (χ2n) is 3.67. The monoisotopic (exact) mass is 158 g/mol. The Hall–Kier alpha value is -0.0400. The molecule has 0 amide bonds. The van der Waals surface area contributed by atoms with Gasteiger partial charge in [-0.1, -0.05) is 34.1 Å². The van der Waals surface area contributed by atoms with E-state index in [4.69, 9.17) is 0 Å². The summed E-state index contributed by atoms with van der Waals surface area (Å²) in [4.78, 5) is 0. The first kappa shape index (κ1) is 11.0. The number of rotatable bonds is 5. The third-order valence-corrected chi connectivity index (χ3v) is 2.39. The highest BCUT2D eigenvalue weighted by molar-refractivity contribution is 4.70. The molecule has 68 valence electrons. The Labute approximate surface area is 70.8 Å². The second-order valence-corrected chi connectivity index (χ2v) is 3.67. The van der Waals surface area contributed by atoms with Crippen LogP contribution in [0.2, 0.25) is 0 Å². The molecule has 0 fully saturated rings. The highest BCUT2D eigenvalue weighted by Crippen LogP contribution is 2.22. The zero-order chi connectivity index (χ0) is 8.85. The van der Waals surface area contributed by atoms with E-state index in [1.807, 2.05) is 0 Å². The second kappa shape index (κ2) is 5.59. The largest absolute Gasteiger partial charge is 0.393 e. The fourth-order valence-corrected chi connectivity index (χ4v) is 1.61. The molecule has 0 saturated carbocycles. The van der Waals surface area contributed by atoms with E-state index in [1.54, 1.807) is 0 Å². The zero-order valence-electron chi connectivity index (χ0n) is 8.30. The summed E-state index contributed by atoms with van der Waals surface area (Å²) in [5, 5.41) is 9.62. The first-order valence-corrected chi connectivity index (χ1v) is 4.81. The topological polar surface area (TPSA) is 20.2 Å². The van der Waals surface area contributed by atoms with Gasteiger partial charge in [0, 0.05) is 0 Å². The lowest BCUT2D eigenvalue weighted by atomic mass is 9.85. The Bertz CT molecular complexity index is 88.9. The molecule has 1 unspecified atom stereocenters. The maximum atomic E-state index is 9.62. The Morgan fingerprint density at radius 1 is 1.18 bits per heavy atom. The van der Waals surface area contributed by atoms with Crippen LogP contribution in [0.5, 0.6) is 0 Å². The Kier molecular flexibility index (Phi) is 5.57. The summed E-state index contributed by atoms with van der Waals surface area (Å²) in [6.45, 7) is 8.62. The van der Waals surface area contributed by atoms with Gasteiger partial charge in [-0.15, -0.1) is 0 Å². The van der Waals surface area contributed by atoms with E-state index in [-0.39, 0.29) is 6.10 Å². The highest BCUT2D eigenvalue weighted by Gasteiger charge is 2.19. The summed E-state index contributed by atoms with van der Waals surface area (Å²) in [6.07, 6.45) is 3.14. The van der Waals surface area contributed by atoms with Crippen LogP contribution in [0.15, 0.2) is 0 Å². The predicted octanol–water partition coefficient (Wildman–Crippen LogP) is 2.83. The van der Waals surface area contributed by atoms with Crippen molar-refractivity contribution in [2.75, 3.05) is 0 Å². The minimum absolute atomic E-state index is 0.0880. The quantitative estimate of drug-likeness (QED) is 0.652. The maximum absolute atomic E-state index is 9.62. The molecular weight excluding hydrogens is 136 g/mol. The van der Waals surface area contributed by atoms with E-state index >= 15 is 0 Å². The van der Waals surface area contributed by atoms with Gasteiger partial charge in [0.15, 0.2) is 0 Å². The van der Waals surface area contributed by atoms with Crippen LogP contribution in [0.3, 0.4) is 0 Å².